The van der Waals surface area contributed by atoms with E-state index in [0.717, 1.165) is 0 Å². The maximum Gasteiger partial charge on any atom is 0.282 e. The molecule has 0 heterocycles. The van der Waals surface area contributed by atoms with Crippen molar-refractivity contribution in [2.75, 3.05) is 0 Å². The van der Waals surface area contributed by atoms with E-state index in [-0.39, 0.29) is 31.8 Å². The van der Waals surface area contributed by atoms with Gasteiger partial charge in [-0.2, -0.15) is 12.6 Å². The smallest absolute Gasteiger partial charge is 0.282 e. The molecule has 0 bridgehead atoms. The first kappa shape index (κ1) is 39.6. The van der Waals surface area contributed by atoms with E-state index in [0.29, 0.717) is 11.8 Å². The van der Waals surface area contributed by atoms with Crippen LogP contribution in [-0.4, -0.2) is 40.7 Å². The molecule has 2 aromatic carbocycles. The second-order valence-electron chi connectivity index (χ2n) is 10.6. The molecule has 0 spiro atoms. The van der Waals surface area contributed by atoms with E-state index in [1.165, 1.54) is 22.4 Å². The standard InChI is InChI=1S/C12H17N.C10H12.2C4H3F4O.Mo/c1-8(2)10-6-5-7-11(9(3)4)12(10)13;1-10(2,3)9-7-5-4-6-8-9;2*1-3(5,6)4(7,8)2-9;/h5-9H,1-4H3;1,4-8H,2-3H3;2*1H3;/q;;2*-1;+2. The van der Waals surface area contributed by atoms with E-state index in [2.05, 4.69) is 94.5 Å². The number of alkyl halides is 8. The first-order valence-electron chi connectivity index (χ1n) is 12.6. The molecular weight excluding hydrogens is 654 g/mol. The molecule has 0 aromatic heterocycles. The van der Waals surface area contributed by atoms with Gasteiger partial charge in [-0.3, -0.25) is 0 Å². The maximum absolute atomic E-state index is 11.5. The Labute approximate surface area is 250 Å². The Morgan fingerprint density at radius 1 is 0.667 bits per heavy atom. The molecule has 2 aromatic rings. The zero-order valence-electron chi connectivity index (χ0n) is 24.5. The number of rotatable bonds is 9. The fourth-order valence-electron chi connectivity index (χ4n) is 2.94. The average Bonchev–Trinajstić information content (AvgIpc) is 2.88. The van der Waals surface area contributed by atoms with Crippen LogP contribution < -0.4 is 0 Å². The van der Waals surface area contributed by atoms with Gasteiger partial charge in [-0.15, -0.1) is 0 Å². The van der Waals surface area contributed by atoms with Gasteiger partial charge in [-0.25, -0.2) is 35.1 Å². The van der Waals surface area contributed by atoms with Crippen LogP contribution in [0.3, 0.4) is 0 Å². The second kappa shape index (κ2) is 15.9. The predicted octanol–water partition coefficient (Wildman–Crippen LogP) is 9.38. The van der Waals surface area contributed by atoms with E-state index in [9.17, 15) is 35.1 Å². The molecule has 0 aliphatic rings. The van der Waals surface area contributed by atoms with E-state index >= 15 is 0 Å². The Hall–Kier alpha value is -2.42. The Morgan fingerprint density at radius 3 is 1.33 bits per heavy atom. The van der Waals surface area contributed by atoms with E-state index in [1.54, 1.807) is 0 Å². The van der Waals surface area contributed by atoms with E-state index in [1.807, 2.05) is 0 Å². The Bertz CT molecular complexity index is 1160. The quantitative estimate of drug-likeness (QED) is 0.150. The van der Waals surface area contributed by atoms with Crippen molar-refractivity contribution in [2.45, 2.75) is 96.3 Å². The summed E-state index contributed by atoms with van der Waals surface area (Å²) in [6, 6.07) is 17.4. The third kappa shape index (κ3) is 12.1. The topological polar surface area (TPSA) is 46.5 Å². The fraction of sp³-hybridized carbons (Fsp3) is 0.500. The van der Waals surface area contributed by atoms with Crippen molar-refractivity contribution in [1.29, 1.82) is 0 Å². The minimum Gasteiger partial charge on any atom is -0.536 e. The maximum atomic E-state index is 11.5. The zero-order valence-corrected chi connectivity index (χ0v) is 26.6. The van der Waals surface area contributed by atoms with Crippen molar-refractivity contribution in [3.63, 3.8) is 0 Å². The van der Waals surface area contributed by atoms with Crippen molar-refractivity contribution in [2.24, 2.45) is 3.50 Å². The van der Waals surface area contributed by atoms with Gasteiger partial charge in [0, 0.05) is 13.8 Å². The molecule has 0 fully saturated rings. The Kier molecular flexibility index (Phi) is 15.0. The molecule has 12 heteroatoms. The second-order valence-corrected chi connectivity index (χ2v) is 12.2. The molecule has 0 aliphatic carbocycles. The molecule has 0 N–H and O–H groups in total. The molecule has 42 heavy (non-hydrogen) atoms. The van der Waals surface area contributed by atoms with Crippen LogP contribution in [0.2, 0.25) is 0 Å². The van der Waals surface area contributed by atoms with Gasteiger partial charge < -0.3 is 9.59 Å². The summed E-state index contributed by atoms with van der Waals surface area (Å²) in [6.45, 7) is 13.5. The minimum absolute atomic E-state index is 0.0438. The summed E-state index contributed by atoms with van der Waals surface area (Å²) >= 11 is -0.553. The van der Waals surface area contributed by atoms with Crippen LogP contribution >= 0.6 is 0 Å². The number of halogens is 8. The third-order valence-electron chi connectivity index (χ3n) is 5.71. The number of hydrogen-bond donors (Lipinski definition) is 0. The molecular formula is C30H35F8MoNO2. The van der Waals surface area contributed by atoms with Gasteiger partial charge in [0.05, 0.1) is 0 Å². The molecule has 2 rings (SSSR count). The SMILES string of the molecule is CC(C)c1cccc(C(C)C)c1[N]=[Mo+2]=[CH]C(C)(C)c1ccccc1.CC(F)(F)C(F)(F)[C-]=O.CC(F)(F)C(F)(F)[C-]=O. The van der Waals surface area contributed by atoms with Gasteiger partial charge in [-0.05, 0) is 0 Å². The summed E-state index contributed by atoms with van der Waals surface area (Å²) in [7, 11) is 0. The summed E-state index contributed by atoms with van der Waals surface area (Å²) in [5, 5.41) is 0. The Morgan fingerprint density at radius 2 is 1.05 bits per heavy atom. The fourth-order valence-corrected chi connectivity index (χ4v) is 4.83. The van der Waals surface area contributed by atoms with Gasteiger partial charge >= 0.3 is 156 Å². The number of hydrogen-bond acceptors (Lipinski definition) is 3. The number of benzene rings is 2. The third-order valence-corrected chi connectivity index (χ3v) is 8.13. The normalized spacial score (nSPS) is 12.3. The van der Waals surface area contributed by atoms with Crippen molar-refractivity contribution < 1.29 is 62.6 Å². The summed E-state index contributed by atoms with van der Waals surface area (Å²) in [6.07, 6.45) is -0.104. The van der Waals surface area contributed by atoms with Crippen molar-refractivity contribution in [1.82, 2.24) is 0 Å². The molecule has 0 saturated carbocycles. The molecule has 0 amide bonds. The largest absolute Gasteiger partial charge is 0.536 e. The molecule has 0 radical (unpaired) electrons. The summed E-state index contributed by atoms with van der Waals surface area (Å²) in [4.78, 5) is 18.2. The summed E-state index contributed by atoms with van der Waals surface area (Å²) < 4.78 is 99.5. The van der Waals surface area contributed by atoms with Gasteiger partial charge in [0.1, 0.15) is 0 Å². The molecule has 0 aliphatic heterocycles. The first-order valence-corrected chi connectivity index (χ1v) is 14.7. The van der Waals surface area contributed by atoms with Crippen LogP contribution in [0.15, 0.2) is 52.0 Å². The van der Waals surface area contributed by atoms with Crippen LogP contribution in [0.25, 0.3) is 0 Å². The van der Waals surface area contributed by atoms with E-state index in [4.69, 9.17) is 13.1 Å². The van der Waals surface area contributed by atoms with Gasteiger partial charge in [0.25, 0.3) is 11.8 Å². The molecule has 0 atom stereocenters. The van der Waals surface area contributed by atoms with Crippen molar-refractivity contribution >= 4 is 22.7 Å². The minimum atomic E-state index is -4.66. The van der Waals surface area contributed by atoms with Crippen LogP contribution in [0.5, 0.6) is 0 Å². The summed E-state index contributed by atoms with van der Waals surface area (Å²) in [5.74, 6) is -16.9. The average molecular weight is 690 g/mol. The van der Waals surface area contributed by atoms with Gasteiger partial charge in [0.15, 0.2) is 0 Å². The van der Waals surface area contributed by atoms with E-state index < -0.39 is 41.6 Å². The Balaban J connectivity index is 0.000000768. The van der Waals surface area contributed by atoms with Gasteiger partial charge in [0.2, 0.25) is 11.8 Å². The monoisotopic (exact) mass is 691 g/mol. The van der Waals surface area contributed by atoms with Gasteiger partial charge in [-0.1, -0.05) is 0 Å². The molecule has 234 valence electrons. The first-order chi connectivity index (χ1) is 18.9. The van der Waals surface area contributed by atoms with Crippen LogP contribution in [0.1, 0.15) is 83.9 Å². The molecule has 0 unspecified atom stereocenters. The van der Waals surface area contributed by atoms with Crippen LogP contribution in [0, 0.1) is 0 Å². The van der Waals surface area contributed by atoms with Crippen LogP contribution in [-0.2, 0) is 32.9 Å². The predicted molar refractivity (Wildman–Crippen MR) is 145 cm³/mol. The van der Waals surface area contributed by atoms with Crippen molar-refractivity contribution in [3.8, 4) is 0 Å². The van der Waals surface area contributed by atoms with Crippen molar-refractivity contribution in [3.05, 3.63) is 65.2 Å². The number of carbonyl (C=O) groups excluding carboxylic acids is 2. The molecule has 0 saturated heterocycles. The number of nitrogens with zero attached hydrogens (tertiary/aromatic N) is 1. The van der Waals surface area contributed by atoms with Crippen LogP contribution in [0.4, 0.5) is 40.8 Å². The summed E-state index contributed by atoms with van der Waals surface area (Å²) in [5.41, 5.74) is 5.48. The zero-order chi connectivity index (χ0) is 33.2. The molecule has 3 nitrogen and oxygen atoms in total.